The van der Waals surface area contributed by atoms with Crippen LogP contribution in [0.15, 0.2) is 230 Å². The summed E-state index contributed by atoms with van der Waals surface area (Å²) in [5.41, 5.74) is 18.1. The van der Waals surface area contributed by atoms with Crippen LogP contribution in [0.1, 0.15) is 34.6 Å². The molecule has 4 aliphatic rings. The maximum absolute atomic E-state index is 14.6. The molecule has 0 radical (unpaired) electrons. The molecule has 0 saturated carbocycles. The van der Waals surface area contributed by atoms with Gasteiger partial charge in [0.05, 0.1) is 13.9 Å². The Balaban J connectivity index is 0.984. The number of anilines is 6. The predicted molar refractivity (Wildman–Crippen MR) is 311 cm³/mol. The lowest BCUT2D eigenvalue weighted by atomic mass is 9.31. The van der Waals surface area contributed by atoms with Crippen molar-refractivity contribution >= 4 is 125 Å². The number of benzene rings is 12. The molecule has 0 aromatic heterocycles. The molecule has 6 nitrogen and oxygen atoms in total. The van der Waals surface area contributed by atoms with Gasteiger partial charge in [-0.3, -0.25) is 0 Å². The van der Waals surface area contributed by atoms with Crippen LogP contribution >= 0.6 is 0 Å². The van der Waals surface area contributed by atoms with Crippen LogP contribution in [0, 0.1) is 0 Å². The number of para-hydroxylation sites is 4. The fraction of sp³-hybridized carbons (Fsp3) is 0.0294. The molecular weight excluding hydrogens is 930 g/mol. The van der Waals surface area contributed by atoms with E-state index in [1.54, 1.807) is 0 Å². The van der Waals surface area contributed by atoms with Crippen molar-refractivity contribution < 1.29 is 21.8 Å². The molecule has 16 rings (SSSR count). The minimum Gasteiger partial charge on any atom is -0.457 e. The summed E-state index contributed by atoms with van der Waals surface area (Å²) in [6, 6.07) is 74.1. The highest BCUT2D eigenvalue weighted by Gasteiger charge is 2.45. The zero-order valence-electron chi connectivity index (χ0n) is 42.9. The minimum atomic E-state index is -0.439. The van der Waals surface area contributed by atoms with Crippen LogP contribution in [0.2, 0.25) is 0 Å². The molecule has 0 aliphatic carbocycles. The number of carbonyl (C=O) groups excluding carboxylic acids is 2. The van der Waals surface area contributed by atoms with E-state index in [2.05, 4.69) is 94.7 Å². The van der Waals surface area contributed by atoms with Gasteiger partial charge in [-0.1, -0.05) is 181 Å². The predicted octanol–water partition coefficient (Wildman–Crippen LogP) is 11.9. The molecule has 0 saturated heterocycles. The van der Waals surface area contributed by atoms with Gasteiger partial charge in [-0.2, -0.15) is 0 Å². The molecule has 0 bridgehead atoms. The molecule has 12 aromatic carbocycles. The Labute approximate surface area is 442 Å². The molecule has 354 valence electrons. The van der Waals surface area contributed by atoms with Gasteiger partial charge in [0.25, 0.3) is 0 Å². The van der Waals surface area contributed by atoms with Crippen molar-refractivity contribution in [2.24, 2.45) is 0 Å². The number of ether oxygens (including phenoxy) is 2. The first-order valence-corrected chi connectivity index (χ1v) is 25.8. The first-order chi connectivity index (χ1) is 38.4. The second-order valence-corrected chi connectivity index (χ2v) is 20.3. The summed E-state index contributed by atoms with van der Waals surface area (Å²) in [6.45, 7) is -0.332. The van der Waals surface area contributed by atoms with Crippen LogP contribution in [0.25, 0.3) is 54.6 Å². The summed E-state index contributed by atoms with van der Waals surface area (Å²) in [7, 11) is 0. The third-order valence-corrected chi connectivity index (χ3v) is 16.2. The topological polar surface area (TPSA) is 59.1 Å². The zero-order valence-corrected chi connectivity index (χ0v) is 40.9. The molecule has 8 heteroatoms. The van der Waals surface area contributed by atoms with Gasteiger partial charge in [0.1, 0.15) is 13.2 Å². The fourth-order valence-electron chi connectivity index (χ4n) is 13.2. The molecule has 4 aliphatic heterocycles. The van der Waals surface area contributed by atoms with E-state index in [4.69, 9.17) is 9.47 Å². The molecule has 76 heavy (non-hydrogen) atoms. The standard InChI is InChI=1S/C68H42B2N2O4/c73-67(75-39-41-17-5-1-6-18-41)45-33-51-49-31-29-43-36-56-64-50(32-30-44-35-55(63(49)61(43)62(44)64)69-53-25-13-15-27-57(53)71(59(37-45)65(51)69)47-21-9-3-10-22-47)52-34-46(68(74)76-40-42-19-7-2-8-20-42)38-60-66(52)70(56)54-26-14-16-28-58(54)72(60)48-23-11-4-12-24-48/h1-38H,39-40H2/i29D,30D. The minimum absolute atomic E-state index is 0.122. The number of hydrogen-bond donors (Lipinski definition) is 0. The van der Waals surface area contributed by atoms with E-state index in [9.17, 15) is 12.3 Å². The highest BCUT2D eigenvalue weighted by Crippen LogP contribution is 2.49. The fourth-order valence-corrected chi connectivity index (χ4v) is 13.2. The van der Waals surface area contributed by atoms with Gasteiger partial charge in [-0.15, -0.1) is 0 Å². The second kappa shape index (κ2) is 16.4. The molecular formula is C68H42B2N2O4. The van der Waals surface area contributed by atoms with Gasteiger partial charge in [-0.05, 0) is 148 Å². The average molecular weight is 975 g/mol. The van der Waals surface area contributed by atoms with E-state index in [-0.39, 0.29) is 26.6 Å². The lowest BCUT2D eigenvalue weighted by molar-refractivity contribution is 0.0464. The van der Waals surface area contributed by atoms with Crippen molar-refractivity contribution in [3.63, 3.8) is 0 Å². The average Bonchev–Trinajstić information content (AvgIpc) is 2.64. The van der Waals surface area contributed by atoms with E-state index in [1.807, 2.05) is 133 Å². The van der Waals surface area contributed by atoms with E-state index in [0.29, 0.717) is 23.2 Å². The van der Waals surface area contributed by atoms with Gasteiger partial charge in [0, 0.05) is 34.1 Å². The van der Waals surface area contributed by atoms with Gasteiger partial charge in [0.2, 0.25) is 13.4 Å². The van der Waals surface area contributed by atoms with E-state index >= 15 is 0 Å². The highest BCUT2D eigenvalue weighted by atomic mass is 16.5. The van der Waals surface area contributed by atoms with Crippen LogP contribution < -0.4 is 42.6 Å². The van der Waals surface area contributed by atoms with Gasteiger partial charge in [0.15, 0.2) is 0 Å². The van der Waals surface area contributed by atoms with Crippen molar-refractivity contribution in [2.45, 2.75) is 13.2 Å². The monoisotopic (exact) mass is 974 g/mol. The van der Waals surface area contributed by atoms with Crippen LogP contribution in [0.4, 0.5) is 34.1 Å². The van der Waals surface area contributed by atoms with Crippen molar-refractivity contribution in [1.29, 1.82) is 0 Å². The molecule has 0 fully saturated rings. The SMILES string of the molecule is [2H]c1cc2c3c(cc4c([2H])cc5c6c(cc1c3c46)B1c3ccccc3N(c3ccccc3)c3cc(C(=O)OCc4ccccc4)cc-5c31)B1c3ccccc3N(c3ccccc3)c3cc(C(=O)OCc4ccccc4)cc-2c31. The van der Waals surface area contributed by atoms with Crippen molar-refractivity contribution in [1.82, 2.24) is 0 Å². The summed E-state index contributed by atoms with van der Waals surface area (Å²) in [4.78, 5) is 33.6. The largest absolute Gasteiger partial charge is 0.457 e. The molecule has 4 heterocycles. The number of hydrogen-bond acceptors (Lipinski definition) is 6. The van der Waals surface area contributed by atoms with Gasteiger partial charge >= 0.3 is 11.9 Å². The number of esters is 2. The molecule has 12 aromatic rings. The summed E-state index contributed by atoms with van der Waals surface area (Å²) < 4.78 is 32.6. The summed E-state index contributed by atoms with van der Waals surface area (Å²) in [5, 5.41) is 5.44. The molecule has 0 unspecified atom stereocenters. The maximum atomic E-state index is 14.6. The van der Waals surface area contributed by atoms with Gasteiger partial charge < -0.3 is 19.3 Å². The third kappa shape index (κ3) is 6.18. The lowest BCUT2D eigenvalue weighted by Gasteiger charge is -2.42. The number of carbonyl (C=O) groups is 2. The van der Waals surface area contributed by atoms with Gasteiger partial charge in [-0.25, -0.2) is 9.59 Å². The molecule has 0 amide bonds. The van der Waals surface area contributed by atoms with Crippen LogP contribution in [0.3, 0.4) is 0 Å². The Bertz CT molecular complexity index is 4250. The third-order valence-electron chi connectivity index (χ3n) is 16.2. The zero-order chi connectivity index (χ0) is 51.9. The Morgan fingerprint density at radius 1 is 0.382 bits per heavy atom. The molecule has 0 N–H and O–H groups in total. The quantitative estimate of drug-likeness (QED) is 0.0859. The van der Waals surface area contributed by atoms with Crippen molar-refractivity contribution in [2.75, 3.05) is 9.80 Å². The highest BCUT2D eigenvalue weighted by molar-refractivity contribution is 7.02. The number of rotatable bonds is 8. The summed E-state index contributed by atoms with van der Waals surface area (Å²) in [5.74, 6) is -0.878. The number of fused-ring (bicyclic) bond motifs is 8. The smallest absolute Gasteiger partial charge is 0.338 e. The second-order valence-electron chi connectivity index (χ2n) is 20.3. The lowest BCUT2D eigenvalue weighted by Crippen LogP contribution is -2.60. The van der Waals surface area contributed by atoms with E-state index < -0.39 is 11.9 Å². The van der Waals surface area contributed by atoms with Crippen LogP contribution in [-0.2, 0) is 22.7 Å². The van der Waals surface area contributed by atoms with E-state index in [1.165, 1.54) is 0 Å². The Hall–Kier alpha value is -9.65. The Kier molecular flexibility index (Phi) is 8.82. The Morgan fingerprint density at radius 2 is 0.763 bits per heavy atom. The Morgan fingerprint density at radius 3 is 1.18 bits per heavy atom. The first-order valence-electron chi connectivity index (χ1n) is 26.8. The van der Waals surface area contributed by atoms with Crippen molar-refractivity contribution in [3.8, 4) is 22.3 Å². The molecule has 0 atom stereocenters. The number of nitrogens with zero attached hydrogens (tertiary/aromatic N) is 2. The first kappa shape index (κ1) is 40.8. The summed E-state index contributed by atoms with van der Waals surface area (Å²) >= 11 is 0. The maximum Gasteiger partial charge on any atom is 0.338 e. The van der Waals surface area contributed by atoms with Crippen molar-refractivity contribution in [3.05, 3.63) is 253 Å². The van der Waals surface area contributed by atoms with Crippen LogP contribution in [0.5, 0.6) is 0 Å². The normalized spacial score (nSPS) is 13.5. The molecule has 0 spiro atoms. The summed E-state index contributed by atoms with van der Waals surface area (Å²) in [6.07, 6.45) is 0. The van der Waals surface area contributed by atoms with Crippen LogP contribution in [-0.4, -0.2) is 25.4 Å². The van der Waals surface area contributed by atoms with E-state index in [0.717, 1.165) is 133 Å².